The van der Waals surface area contributed by atoms with Crippen LogP contribution in [0.1, 0.15) is 31.2 Å². The maximum Gasteiger partial charge on any atom is 0.305 e. The second-order valence-electron chi connectivity index (χ2n) is 6.81. The van der Waals surface area contributed by atoms with E-state index in [1.165, 1.54) is 0 Å². The number of hydrogen-bond donors (Lipinski definition) is 1. The number of hydrogen-bond acceptors (Lipinski definition) is 8. The Hall–Kier alpha value is -2.04. The lowest BCUT2D eigenvalue weighted by Crippen LogP contribution is -2.15. The van der Waals surface area contributed by atoms with Crippen LogP contribution in [0.15, 0.2) is 30.3 Å². The zero-order valence-corrected chi connectivity index (χ0v) is 18.7. The predicted molar refractivity (Wildman–Crippen MR) is 116 cm³/mol. The van der Waals surface area contributed by atoms with Gasteiger partial charge in [0.25, 0.3) is 0 Å². The molecule has 0 spiro atoms. The Morgan fingerprint density at radius 1 is 0.625 bits per heavy atom. The summed E-state index contributed by atoms with van der Waals surface area (Å²) in [4.78, 5) is 21.8. The van der Waals surface area contributed by atoms with Crippen LogP contribution in [-0.4, -0.2) is 83.1 Å². The van der Waals surface area contributed by atoms with Gasteiger partial charge in [-0.2, -0.15) is 0 Å². The molecule has 1 N–H and O–H groups in total. The van der Waals surface area contributed by atoms with Crippen molar-refractivity contribution in [3.05, 3.63) is 35.9 Å². The van der Waals surface area contributed by atoms with Crippen LogP contribution in [0.2, 0.25) is 0 Å². The number of esters is 1. The average molecular weight is 457 g/mol. The first-order chi connectivity index (χ1) is 15.7. The maximum absolute atomic E-state index is 11.4. The van der Waals surface area contributed by atoms with Gasteiger partial charge in [-0.05, 0) is 18.4 Å². The quantitative estimate of drug-likeness (QED) is 0.208. The molecule has 0 saturated heterocycles. The molecule has 0 fully saturated rings. The van der Waals surface area contributed by atoms with E-state index in [4.69, 9.17) is 33.5 Å². The first kappa shape index (κ1) is 28.0. The number of ether oxygens (including phenoxy) is 6. The van der Waals surface area contributed by atoms with Gasteiger partial charge in [-0.25, -0.2) is 0 Å². The normalized spacial score (nSPS) is 10.9. The molecule has 0 heterocycles. The Balaban J connectivity index is 1.71. The number of carboxylic acids is 1. The summed E-state index contributed by atoms with van der Waals surface area (Å²) >= 11 is 0. The highest BCUT2D eigenvalue weighted by atomic mass is 16.6. The van der Waals surface area contributed by atoms with Gasteiger partial charge in [0.15, 0.2) is 0 Å². The molecule has 0 bridgehead atoms. The van der Waals surface area contributed by atoms with Gasteiger partial charge >= 0.3 is 11.9 Å². The highest BCUT2D eigenvalue weighted by Crippen LogP contribution is 2.01. The highest BCUT2D eigenvalue weighted by Gasteiger charge is 2.04. The molecule has 0 radical (unpaired) electrons. The molecule has 0 atom stereocenters. The fourth-order valence-electron chi connectivity index (χ4n) is 2.48. The van der Waals surface area contributed by atoms with Gasteiger partial charge in [-0.1, -0.05) is 30.3 Å². The molecule has 9 nitrogen and oxygen atoms in total. The number of carboxylic acid groups (broad SMARTS) is 1. The van der Waals surface area contributed by atoms with Gasteiger partial charge in [-0.15, -0.1) is 0 Å². The monoisotopic (exact) mass is 456 g/mol. The van der Waals surface area contributed by atoms with E-state index in [-0.39, 0.29) is 25.4 Å². The molecule has 1 aromatic carbocycles. The molecule has 0 aromatic heterocycles. The molecule has 0 aliphatic carbocycles. The van der Waals surface area contributed by atoms with Gasteiger partial charge in [0.1, 0.15) is 6.61 Å². The van der Waals surface area contributed by atoms with Gasteiger partial charge in [0.2, 0.25) is 0 Å². The minimum atomic E-state index is -0.856. The minimum absolute atomic E-state index is 0.0697. The van der Waals surface area contributed by atoms with Crippen LogP contribution in [0.3, 0.4) is 0 Å². The first-order valence-electron chi connectivity index (χ1n) is 11.0. The van der Waals surface area contributed by atoms with Gasteiger partial charge in [0.05, 0.1) is 66.1 Å². The number of carbonyl (C=O) groups is 2. The molecule has 0 saturated carbocycles. The Morgan fingerprint density at radius 2 is 1.09 bits per heavy atom. The predicted octanol–water partition coefficient (Wildman–Crippen LogP) is 2.46. The van der Waals surface area contributed by atoms with Crippen LogP contribution in [0, 0.1) is 0 Å². The fraction of sp³-hybridized carbons (Fsp3) is 0.652. The lowest BCUT2D eigenvalue weighted by molar-refractivity contribution is -0.146. The van der Waals surface area contributed by atoms with Crippen molar-refractivity contribution in [2.45, 2.75) is 32.3 Å². The van der Waals surface area contributed by atoms with Crippen LogP contribution >= 0.6 is 0 Å². The molecule has 1 aromatic rings. The zero-order chi connectivity index (χ0) is 23.1. The summed E-state index contributed by atoms with van der Waals surface area (Å²) in [5, 5.41) is 8.51. The summed E-state index contributed by atoms with van der Waals surface area (Å²) < 4.78 is 32.1. The summed E-state index contributed by atoms with van der Waals surface area (Å²) in [6.07, 6.45) is 1.28. The largest absolute Gasteiger partial charge is 0.481 e. The molecule has 0 aliphatic rings. The SMILES string of the molecule is O=C(O)CCCCC(=O)OCCOCCOCCOCCOCCOCc1ccccc1. The van der Waals surface area contributed by atoms with Crippen molar-refractivity contribution in [1.82, 2.24) is 0 Å². The Labute approximate surface area is 189 Å². The van der Waals surface area contributed by atoms with Crippen molar-refractivity contribution in [2.75, 3.05) is 66.1 Å². The van der Waals surface area contributed by atoms with E-state index >= 15 is 0 Å². The van der Waals surface area contributed by atoms with Crippen molar-refractivity contribution >= 4 is 11.9 Å². The molecule has 9 heteroatoms. The topological polar surface area (TPSA) is 110 Å². The first-order valence-corrected chi connectivity index (χ1v) is 11.0. The number of unbranched alkanes of at least 4 members (excludes halogenated alkanes) is 1. The Morgan fingerprint density at radius 3 is 1.62 bits per heavy atom. The summed E-state index contributed by atoms with van der Waals surface area (Å²) in [6.45, 7) is 4.94. The fourth-order valence-corrected chi connectivity index (χ4v) is 2.48. The number of rotatable bonds is 22. The number of carbonyl (C=O) groups excluding carboxylic acids is 1. The molecular formula is C23H36O9. The summed E-state index contributed by atoms with van der Waals surface area (Å²) in [7, 11) is 0. The van der Waals surface area contributed by atoms with E-state index in [1.807, 2.05) is 30.3 Å². The van der Waals surface area contributed by atoms with Crippen LogP contribution in [-0.2, 0) is 44.6 Å². The number of aliphatic carboxylic acids is 1. The van der Waals surface area contributed by atoms with Crippen molar-refractivity contribution in [2.24, 2.45) is 0 Å². The lowest BCUT2D eigenvalue weighted by Gasteiger charge is -2.08. The zero-order valence-electron chi connectivity index (χ0n) is 18.7. The van der Waals surface area contributed by atoms with E-state index in [1.54, 1.807) is 0 Å². The van der Waals surface area contributed by atoms with Crippen molar-refractivity contribution < 1.29 is 43.1 Å². The van der Waals surface area contributed by atoms with E-state index in [0.29, 0.717) is 78.9 Å². The van der Waals surface area contributed by atoms with Crippen LogP contribution in [0.4, 0.5) is 0 Å². The summed E-state index contributed by atoms with van der Waals surface area (Å²) in [6, 6.07) is 10.0. The smallest absolute Gasteiger partial charge is 0.305 e. The van der Waals surface area contributed by atoms with Gasteiger partial charge in [-0.3, -0.25) is 9.59 Å². The average Bonchev–Trinajstić information content (AvgIpc) is 2.79. The van der Waals surface area contributed by atoms with Crippen molar-refractivity contribution in [1.29, 1.82) is 0 Å². The summed E-state index contributed by atoms with van der Waals surface area (Å²) in [5.74, 6) is -1.19. The standard InChI is InChI=1S/C23H36O9/c24-22(25)8-4-5-9-23(26)32-19-18-30-15-14-28-11-10-27-12-13-29-16-17-31-20-21-6-2-1-3-7-21/h1-3,6-7H,4-5,8-20H2,(H,24,25). The Kier molecular flexibility index (Phi) is 18.2. The third-order valence-corrected chi connectivity index (χ3v) is 4.11. The highest BCUT2D eigenvalue weighted by molar-refractivity contribution is 5.69. The molecule has 182 valence electrons. The van der Waals surface area contributed by atoms with Crippen LogP contribution in [0.5, 0.6) is 0 Å². The molecule has 1 rings (SSSR count). The molecular weight excluding hydrogens is 420 g/mol. The second-order valence-corrected chi connectivity index (χ2v) is 6.81. The molecule has 0 amide bonds. The van der Waals surface area contributed by atoms with E-state index in [9.17, 15) is 9.59 Å². The maximum atomic E-state index is 11.4. The van der Waals surface area contributed by atoms with Gasteiger partial charge < -0.3 is 33.5 Å². The molecule has 32 heavy (non-hydrogen) atoms. The van der Waals surface area contributed by atoms with E-state index in [2.05, 4.69) is 0 Å². The molecule has 0 aliphatic heterocycles. The van der Waals surface area contributed by atoms with Gasteiger partial charge in [0, 0.05) is 12.8 Å². The second kappa shape index (κ2) is 20.8. The van der Waals surface area contributed by atoms with E-state index in [0.717, 1.165) is 5.56 Å². The minimum Gasteiger partial charge on any atom is -0.481 e. The molecule has 0 unspecified atom stereocenters. The number of benzene rings is 1. The third-order valence-electron chi connectivity index (χ3n) is 4.11. The lowest BCUT2D eigenvalue weighted by atomic mass is 10.2. The van der Waals surface area contributed by atoms with Crippen LogP contribution in [0.25, 0.3) is 0 Å². The van der Waals surface area contributed by atoms with Crippen molar-refractivity contribution in [3.63, 3.8) is 0 Å². The van der Waals surface area contributed by atoms with Crippen LogP contribution < -0.4 is 0 Å². The Bertz CT molecular complexity index is 580. The summed E-state index contributed by atoms with van der Waals surface area (Å²) in [5.41, 5.74) is 1.14. The van der Waals surface area contributed by atoms with E-state index < -0.39 is 5.97 Å². The third kappa shape index (κ3) is 18.7. The van der Waals surface area contributed by atoms with Crippen molar-refractivity contribution in [3.8, 4) is 0 Å².